The van der Waals surface area contributed by atoms with E-state index in [1.807, 2.05) is 0 Å². The number of aliphatic hydroxyl groups is 1. The lowest BCUT2D eigenvalue weighted by Crippen LogP contribution is -2.34. The molecule has 1 aromatic rings. The lowest BCUT2D eigenvalue weighted by atomic mass is 10.1. The van der Waals surface area contributed by atoms with Crippen molar-refractivity contribution in [1.29, 1.82) is 5.26 Å². The minimum absolute atomic E-state index is 0.0178. The lowest BCUT2D eigenvalue weighted by molar-refractivity contribution is 0.228. The second-order valence-corrected chi connectivity index (χ2v) is 4.32. The summed E-state index contributed by atoms with van der Waals surface area (Å²) in [7, 11) is 0. The van der Waals surface area contributed by atoms with E-state index in [-0.39, 0.29) is 29.8 Å². The summed E-state index contributed by atoms with van der Waals surface area (Å²) in [4.78, 5) is 0. The van der Waals surface area contributed by atoms with Crippen LogP contribution in [0.1, 0.15) is 24.0 Å². The van der Waals surface area contributed by atoms with Gasteiger partial charge in [-0.3, -0.25) is 0 Å². The van der Waals surface area contributed by atoms with E-state index >= 15 is 0 Å². The van der Waals surface area contributed by atoms with Crippen molar-refractivity contribution in [3.05, 3.63) is 34.9 Å². The van der Waals surface area contributed by atoms with Gasteiger partial charge in [-0.05, 0) is 25.0 Å². The molecule has 1 fully saturated rings. The summed E-state index contributed by atoms with van der Waals surface area (Å²) >= 11 is 0. The number of nitrogens with one attached hydrogen (secondary N) is 1. The molecule has 1 aliphatic carbocycles. The maximum atomic E-state index is 13.5. The molecule has 90 valence electrons. The molecule has 0 atom stereocenters. The topological polar surface area (TPSA) is 56.0 Å². The predicted octanol–water partition coefficient (Wildman–Crippen LogP) is 1.45. The lowest BCUT2D eigenvalue weighted by Gasteiger charge is -2.15. The SMILES string of the molecule is N#Cc1cc(F)c(CNC2(CO)CC2)c(F)c1. The van der Waals surface area contributed by atoms with Crippen molar-refractivity contribution in [2.24, 2.45) is 0 Å². The quantitative estimate of drug-likeness (QED) is 0.834. The summed E-state index contributed by atoms with van der Waals surface area (Å²) in [6.07, 6.45) is 1.62. The van der Waals surface area contributed by atoms with Crippen molar-refractivity contribution in [2.75, 3.05) is 6.61 Å². The molecule has 0 bridgehead atoms. The van der Waals surface area contributed by atoms with Crippen LogP contribution in [0.2, 0.25) is 0 Å². The molecular formula is C12H12F2N2O. The van der Waals surface area contributed by atoms with E-state index in [2.05, 4.69) is 5.32 Å². The minimum atomic E-state index is -0.734. The van der Waals surface area contributed by atoms with E-state index in [4.69, 9.17) is 10.4 Å². The molecule has 0 radical (unpaired) electrons. The zero-order chi connectivity index (χ0) is 12.5. The molecule has 1 saturated carbocycles. The van der Waals surface area contributed by atoms with Gasteiger partial charge in [0.2, 0.25) is 0 Å². The molecule has 0 heterocycles. The van der Waals surface area contributed by atoms with Crippen molar-refractivity contribution in [3.63, 3.8) is 0 Å². The fourth-order valence-corrected chi connectivity index (χ4v) is 1.65. The largest absolute Gasteiger partial charge is 0.394 e. The Hall–Kier alpha value is -1.51. The van der Waals surface area contributed by atoms with E-state index in [0.29, 0.717) is 0 Å². The fourth-order valence-electron chi connectivity index (χ4n) is 1.65. The maximum absolute atomic E-state index is 13.5. The normalized spacial score (nSPS) is 16.6. The molecule has 3 nitrogen and oxygen atoms in total. The van der Waals surface area contributed by atoms with Gasteiger partial charge in [0.05, 0.1) is 18.2 Å². The van der Waals surface area contributed by atoms with Gasteiger partial charge in [0, 0.05) is 17.6 Å². The Balaban J connectivity index is 2.14. The number of nitriles is 1. The molecule has 0 saturated heterocycles. The second kappa shape index (κ2) is 4.40. The molecular weight excluding hydrogens is 226 g/mol. The van der Waals surface area contributed by atoms with Crippen LogP contribution in [0.25, 0.3) is 0 Å². The summed E-state index contributed by atoms with van der Waals surface area (Å²) in [5.74, 6) is -1.47. The summed E-state index contributed by atoms with van der Waals surface area (Å²) in [5.41, 5.74) is -0.497. The van der Waals surface area contributed by atoms with Crippen LogP contribution in [-0.4, -0.2) is 17.3 Å². The average Bonchev–Trinajstić information content (AvgIpc) is 3.08. The monoisotopic (exact) mass is 238 g/mol. The second-order valence-electron chi connectivity index (χ2n) is 4.32. The molecule has 17 heavy (non-hydrogen) atoms. The zero-order valence-corrected chi connectivity index (χ0v) is 9.13. The molecule has 0 aromatic heterocycles. The number of hydrogen-bond donors (Lipinski definition) is 2. The number of hydrogen-bond acceptors (Lipinski definition) is 3. The maximum Gasteiger partial charge on any atom is 0.131 e. The van der Waals surface area contributed by atoms with Gasteiger partial charge < -0.3 is 10.4 Å². The Kier molecular flexibility index (Phi) is 3.09. The summed E-state index contributed by atoms with van der Waals surface area (Å²) in [5, 5.41) is 20.6. The molecule has 0 amide bonds. The van der Waals surface area contributed by atoms with Crippen molar-refractivity contribution in [3.8, 4) is 6.07 Å². The fraction of sp³-hybridized carbons (Fsp3) is 0.417. The Morgan fingerprint density at radius 1 is 1.35 bits per heavy atom. The molecule has 0 spiro atoms. The Morgan fingerprint density at radius 2 is 1.94 bits per heavy atom. The van der Waals surface area contributed by atoms with Crippen LogP contribution >= 0.6 is 0 Å². The van der Waals surface area contributed by atoms with Crippen molar-refractivity contribution < 1.29 is 13.9 Å². The van der Waals surface area contributed by atoms with Gasteiger partial charge in [0.1, 0.15) is 11.6 Å². The molecule has 2 N–H and O–H groups in total. The molecule has 1 aromatic carbocycles. The number of nitrogens with zero attached hydrogens (tertiary/aromatic N) is 1. The summed E-state index contributed by atoms with van der Waals surface area (Å²) in [6.45, 7) is -0.0174. The van der Waals surface area contributed by atoms with E-state index in [1.165, 1.54) is 0 Å². The first-order valence-corrected chi connectivity index (χ1v) is 5.34. The minimum Gasteiger partial charge on any atom is -0.394 e. The van der Waals surface area contributed by atoms with Crippen LogP contribution < -0.4 is 5.32 Å². The van der Waals surface area contributed by atoms with Crippen molar-refractivity contribution in [2.45, 2.75) is 24.9 Å². The van der Waals surface area contributed by atoms with Gasteiger partial charge >= 0.3 is 0 Å². The molecule has 1 aliphatic rings. The average molecular weight is 238 g/mol. The van der Waals surface area contributed by atoms with Gasteiger partial charge in [-0.2, -0.15) is 5.26 Å². The number of rotatable bonds is 4. The predicted molar refractivity (Wildman–Crippen MR) is 57.0 cm³/mol. The first-order valence-electron chi connectivity index (χ1n) is 5.34. The van der Waals surface area contributed by atoms with Crippen LogP contribution in [0.15, 0.2) is 12.1 Å². The van der Waals surface area contributed by atoms with Crippen molar-refractivity contribution in [1.82, 2.24) is 5.32 Å². The van der Waals surface area contributed by atoms with Crippen LogP contribution in [0.4, 0.5) is 8.78 Å². The highest BCUT2D eigenvalue weighted by Crippen LogP contribution is 2.35. The highest BCUT2D eigenvalue weighted by atomic mass is 19.1. The number of aliphatic hydroxyl groups excluding tert-OH is 1. The van der Waals surface area contributed by atoms with Crippen LogP contribution in [0, 0.1) is 23.0 Å². The molecule has 2 rings (SSSR count). The standard InChI is InChI=1S/C12H12F2N2O/c13-10-3-8(5-15)4-11(14)9(10)6-16-12(7-17)1-2-12/h3-4,16-17H,1-2,6-7H2. The van der Waals surface area contributed by atoms with E-state index in [9.17, 15) is 8.78 Å². The zero-order valence-electron chi connectivity index (χ0n) is 9.13. The third-order valence-electron chi connectivity index (χ3n) is 3.07. The smallest absolute Gasteiger partial charge is 0.131 e. The van der Waals surface area contributed by atoms with Crippen LogP contribution in [-0.2, 0) is 6.54 Å². The van der Waals surface area contributed by atoms with Gasteiger partial charge in [0.25, 0.3) is 0 Å². The highest BCUT2D eigenvalue weighted by molar-refractivity contribution is 5.34. The van der Waals surface area contributed by atoms with E-state index < -0.39 is 11.6 Å². The third kappa shape index (κ3) is 2.43. The first kappa shape index (κ1) is 12.0. The highest BCUT2D eigenvalue weighted by Gasteiger charge is 2.41. The molecule has 0 unspecified atom stereocenters. The van der Waals surface area contributed by atoms with Gasteiger partial charge in [-0.25, -0.2) is 8.78 Å². The molecule has 5 heteroatoms. The Morgan fingerprint density at radius 3 is 2.35 bits per heavy atom. The summed E-state index contributed by atoms with van der Waals surface area (Å²) in [6, 6.07) is 3.72. The van der Waals surface area contributed by atoms with Gasteiger partial charge in [0.15, 0.2) is 0 Å². The van der Waals surface area contributed by atoms with Gasteiger partial charge in [-0.15, -0.1) is 0 Å². The van der Waals surface area contributed by atoms with Gasteiger partial charge in [-0.1, -0.05) is 0 Å². The summed E-state index contributed by atoms with van der Waals surface area (Å²) < 4.78 is 27.0. The van der Waals surface area contributed by atoms with Crippen molar-refractivity contribution >= 4 is 0 Å². The van der Waals surface area contributed by atoms with Crippen LogP contribution in [0.5, 0.6) is 0 Å². The number of halogens is 2. The Labute approximate surface area is 97.7 Å². The Bertz CT molecular complexity index is 455. The number of benzene rings is 1. The third-order valence-corrected chi connectivity index (χ3v) is 3.07. The van der Waals surface area contributed by atoms with Crippen LogP contribution in [0.3, 0.4) is 0 Å². The van der Waals surface area contributed by atoms with E-state index in [0.717, 1.165) is 25.0 Å². The first-order chi connectivity index (χ1) is 8.10. The van der Waals surface area contributed by atoms with E-state index in [1.54, 1.807) is 6.07 Å². The molecule has 0 aliphatic heterocycles.